The van der Waals surface area contributed by atoms with Crippen LogP contribution in [-0.4, -0.2) is 65.9 Å². The second-order valence-electron chi connectivity index (χ2n) is 7.04. The van der Waals surface area contributed by atoms with Crippen molar-refractivity contribution in [3.8, 4) is 0 Å². The molecule has 0 saturated heterocycles. The topological polar surface area (TPSA) is 93.0 Å². The molecule has 8 nitrogen and oxygen atoms in total. The van der Waals surface area contributed by atoms with Crippen LogP contribution in [0.25, 0.3) is 0 Å². The van der Waals surface area contributed by atoms with Crippen LogP contribution in [0.1, 0.15) is 31.1 Å². The first-order chi connectivity index (χ1) is 11.9. The number of nitro benzene ring substituents is 1. The number of hydrogen-bond donors (Lipinski definition) is 0. The fraction of sp³-hybridized carbons (Fsp3) is 0.529. The summed E-state index contributed by atoms with van der Waals surface area (Å²) in [6.45, 7) is 5.66. The van der Waals surface area contributed by atoms with Gasteiger partial charge in [0.2, 0.25) is 0 Å². The molecular formula is C17H24ClN3O5. The normalized spacial score (nSPS) is 11.3. The van der Waals surface area contributed by atoms with Gasteiger partial charge in [0.05, 0.1) is 15.5 Å². The maximum absolute atomic E-state index is 12.8. The van der Waals surface area contributed by atoms with Crippen molar-refractivity contribution in [3.63, 3.8) is 0 Å². The van der Waals surface area contributed by atoms with Gasteiger partial charge in [-0.2, -0.15) is 0 Å². The van der Waals surface area contributed by atoms with Crippen molar-refractivity contribution in [1.82, 2.24) is 9.80 Å². The molecule has 9 heteroatoms. The molecule has 0 heterocycles. The zero-order valence-electron chi connectivity index (χ0n) is 15.6. The Kier molecular flexibility index (Phi) is 7.53. The number of carbonyl (C=O) groups is 2. The molecule has 0 aliphatic carbocycles. The first kappa shape index (κ1) is 21.9. The molecule has 0 N–H and O–H groups in total. The van der Waals surface area contributed by atoms with Gasteiger partial charge in [0.25, 0.3) is 11.6 Å². The van der Waals surface area contributed by atoms with Crippen LogP contribution in [0, 0.1) is 10.1 Å². The van der Waals surface area contributed by atoms with Crippen LogP contribution >= 0.6 is 11.6 Å². The van der Waals surface area contributed by atoms with Crippen molar-refractivity contribution in [2.75, 3.05) is 33.7 Å². The number of ether oxygens (including phenoxy) is 1. The fourth-order valence-electron chi connectivity index (χ4n) is 2.06. The molecule has 1 amide bonds. The van der Waals surface area contributed by atoms with E-state index in [1.54, 1.807) is 20.8 Å². The highest BCUT2D eigenvalue weighted by atomic mass is 35.5. The number of likely N-dealkylation sites (N-methyl/N-ethyl adjacent to an activating group) is 1. The second-order valence-corrected chi connectivity index (χ2v) is 7.44. The zero-order valence-corrected chi connectivity index (χ0v) is 16.4. The molecule has 0 aliphatic heterocycles. The largest absolute Gasteiger partial charge is 0.459 e. The van der Waals surface area contributed by atoms with E-state index < -0.39 is 22.4 Å². The predicted octanol–water partition coefficient (Wildman–Crippen LogP) is 2.59. The number of non-ortho nitro benzene ring substituents is 1. The molecule has 1 aromatic carbocycles. The highest BCUT2D eigenvalue weighted by molar-refractivity contribution is 6.34. The van der Waals surface area contributed by atoms with Gasteiger partial charge in [-0.15, -0.1) is 0 Å². The molecule has 0 bridgehead atoms. The van der Waals surface area contributed by atoms with E-state index in [4.69, 9.17) is 16.3 Å². The van der Waals surface area contributed by atoms with Crippen molar-refractivity contribution in [2.24, 2.45) is 0 Å². The van der Waals surface area contributed by atoms with Crippen molar-refractivity contribution in [2.45, 2.75) is 26.4 Å². The third-order valence-electron chi connectivity index (χ3n) is 3.24. The molecule has 0 radical (unpaired) electrons. The molecule has 0 saturated carbocycles. The maximum Gasteiger partial charge on any atom is 0.326 e. The predicted molar refractivity (Wildman–Crippen MR) is 98.4 cm³/mol. The number of nitrogens with zero attached hydrogens (tertiary/aromatic N) is 3. The van der Waals surface area contributed by atoms with E-state index in [1.807, 2.05) is 19.0 Å². The minimum absolute atomic E-state index is 0.0248. The van der Waals surface area contributed by atoms with Gasteiger partial charge in [-0.05, 0) is 40.9 Å². The molecule has 0 unspecified atom stereocenters. The number of carbonyl (C=O) groups excluding carboxylic acids is 2. The van der Waals surface area contributed by atoms with Crippen LogP contribution in [-0.2, 0) is 9.53 Å². The number of amides is 1. The Balaban J connectivity index is 3.09. The van der Waals surface area contributed by atoms with E-state index in [9.17, 15) is 19.7 Å². The Morgan fingerprint density at radius 2 is 1.85 bits per heavy atom. The Morgan fingerprint density at radius 1 is 1.23 bits per heavy atom. The lowest BCUT2D eigenvalue weighted by molar-refractivity contribution is -0.384. The Bertz CT molecular complexity index is 685. The third-order valence-corrected chi connectivity index (χ3v) is 3.57. The summed E-state index contributed by atoms with van der Waals surface area (Å²) in [6.07, 6.45) is 0. The molecule has 1 rings (SSSR count). The Morgan fingerprint density at radius 3 is 2.35 bits per heavy atom. The van der Waals surface area contributed by atoms with E-state index in [0.29, 0.717) is 6.54 Å². The maximum atomic E-state index is 12.8. The quantitative estimate of drug-likeness (QED) is 0.407. The standard InChI is InChI=1S/C17H24ClN3O5/c1-17(2,3)26-15(22)11-20(9-8-19(4)5)16(23)13-10-12(21(24)25)6-7-14(13)18/h6-7,10H,8-9,11H2,1-5H3. The average Bonchev–Trinajstić information content (AvgIpc) is 2.49. The fourth-order valence-corrected chi connectivity index (χ4v) is 2.26. The van der Waals surface area contributed by atoms with Crippen LogP contribution in [0.4, 0.5) is 5.69 Å². The molecule has 0 spiro atoms. The number of hydrogen-bond acceptors (Lipinski definition) is 6. The van der Waals surface area contributed by atoms with Crippen LogP contribution in [0.3, 0.4) is 0 Å². The summed E-state index contributed by atoms with van der Waals surface area (Å²) in [4.78, 5) is 38.5. The highest BCUT2D eigenvalue weighted by Gasteiger charge is 2.25. The molecule has 0 aromatic heterocycles. The van der Waals surface area contributed by atoms with Crippen LogP contribution in [0.2, 0.25) is 5.02 Å². The van der Waals surface area contributed by atoms with Gasteiger partial charge in [-0.3, -0.25) is 19.7 Å². The van der Waals surface area contributed by atoms with Crippen molar-refractivity contribution in [1.29, 1.82) is 0 Å². The lowest BCUT2D eigenvalue weighted by Gasteiger charge is -2.26. The van der Waals surface area contributed by atoms with Crippen LogP contribution < -0.4 is 0 Å². The van der Waals surface area contributed by atoms with Gasteiger partial charge in [0.1, 0.15) is 12.1 Å². The number of esters is 1. The van der Waals surface area contributed by atoms with E-state index in [0.717, 1.165) is 6.07 Å². The monoisotopic (exact) mass is 385 g/mol. The number of halogens is 1. The summed E-state index contributed by atoms with van der Waals surface area (Å²) in [5, 5.41) is 11.0. The number of rotatable bonds is 7. The highest BCUT2D eigenvalue weighted by Crippen LogP contribution is 2.23. The van der Waals surface area contributed by atoms with E-state index >= 15 is 0 Å². The number of benzene rings is 1. The summed E-state index contributed by atoms with van der Waals surface area (Å²) in [6, 6.07) is 3.63. The Hall–Kier alpha value is -2.19. The lowest BCUT2D eigenvalue weighted by atomic mass is 10.1. The third kappa shape index (κ3) is 6.97. The molecule has 0 fully saturated rings. The first-order valence-corrected chi connectivity index (χ1v) is 8.38. The Labute approximate surface area is 157 Å². The summed E-state index contributed by atoms with van der Waals surface area (Å²) < 4.78 is 5.27. The van der Waals surface area contributed by atoms with Crippen LogP contribution in [0.15, 0.2) is 18.2 Å². The van der Waals surface area contributed by atoms with Crippen molar-refractivity contribution < 1.29 is 19.2 Å². The smallest absolute Gasteiger partial charge is 0.326 e. The van der Waals surface area contributed by atoms with Gasteiger partial charge in [0, 0.05) is 25.2 Å². The molecule has 144 valence electrons. The first-order valence-electron chi connectivity index (χ1n) is 8.00. The van der Waals surface area contributed by atoms with Gasteiger partial charge in [-0.25, -0.2) is 0 Å². The minimum atomic E-state index is -0.684. The molecule has 0 atom stereocenters. The molecule has 0 aliphatic rings. The van der Waals surface area contributed by atoms with E-state index in [2.05, 4.69) is 0 Å². The zero-order chi connectivity index (χ0) is 20.1. The van der Waals surface area contributed by atoms with E-state index in [-0.39, 0.29) is 29.4 Å². The van der Waals surface area contributed by atoms with Gasteiger partial charge >= 0.3 is 5.97 Å². The summed E-state index contributed by atoms with van der Waals surface area (Å²) in [5.74, 6) is -1.13. The van der Waals surface area contributed by atoms with Gasteiger partial charge < -0.3 is 14.5 Å². The molecule has 26 heavy (non-hydrogen) atoms. The van der Waals surface area contributed by atoms with Crippen molar-refractivity contribution >= 4 is 29.2 Å². The summed E-state index contributed by atoms with van der Waals surface area (Å²) >= 11 is 6.05. The number of nitro groups is 1. The molecule has 1 aromatic rings. The van der Waals surface area contributed by atoms with Gasteiger partial charge in [-0.1, -0.05) is 11.6 Å². The minimum Gasteiger partial charge on any atom is -0.459 e. The second kappa shape index (κ2) is 8.95. The molecular weight excluding hydrogens is 362 g/mol. The van der Waals surface area contributed by atoms with Gasteiger partial charge in [0.15, 0.2) is 0 Å². The average molecular weight is 386 g/mol. The van der Waals surface area contributed by atoms with Crippen molar-refractivity contribution in [3.05, 3.63) is 38.9 Å². The summed E-state index contributed by atoms with van der Waals surface area (Å²) in [7, 11) is 3.66. The lowest BCUT2D eigenvalue weighted by Crippen LogP contribution is -2.42. The van der Waals surface area contributed by atoms with Crippen LogP contribution in [0.5, 0.6) is 0 Å². The summed E-state index contributed by atoms with van der Waals surface area (Å²) in [5.41, 5.74) is -0.956. The SMILES string of the molecule is CN(C)CCN(CC(=O)OC(C)(C)C)C(=O)c1cc([N+](=O)[O-])ccc1Cl. The van der Waals surface area contributed by atoms with E-state index in [1.165, 1.54) is 17.0 Å².